The van der Waals surface area contributed by atoms with Gasteiger partial charge in [-0.15, -0.1) is 0 Å². The van der Waals surface area contributed by atoms with E-state index in [1.165, 1.54) is 32.1 Å². The fourth-order valence-electron chi connectivity index (χ4n) is 1.74. The van der Waals surface area contributed by atoms with E-state index in [1.807, 2.05) is 0 Å². The molecule has 0 aromatic carbocycles. The van der Waals surface area contributed by atoms with Crippen LogP contribution in [0.25, 0.3) is 0 Å². The van der Waals surface area contributed by atoms with Crippen LogP contribution < -0.4 is 0 Å². The Morgan fingerprint density at radius 2 is 1.71 bits per heavy atom. The minimum atomic E-state index is -0.559. The van der Waals surface area contributed by atoms with Gasteiger partial charge in [0.05, 0.1) is 6.61 Å². The Bertz CT molecular complexity index is 166. The summed E-state index contributed by atoms with van der Waals surface area (Å²) < 4.78 is 5.32. The molecule has 2 heteroatoms. The highest BCUT2D eigenvalue weighted by molar-refractivity contribution is 4.79. The Balaban J connectivity index is 3.17. The molecular weight excluding hydrogens is 212 g/mol. The van der Waals surface area contributed by atoms with Crippen molar-refractivity contribution in [3.8, 4) is 0 Å². The van der Waals surface area contributed by atoms with Gasteiger partial charge in [0.25, 0.3) is 0 Å². The molecule has 1 atom stereocenters. The summed E-state index contributed by atoms with van der Waals surface area (Å²) in [5.41, 5.74) is 0. The van der Waals surface area contributed by atoms with Crippen molar-refractivity contribution >= 4 is 0 Å². The van der Waals surface area contributed by atoms with Gasteiger partial charge < -0.3 is 9.84 Å². The fourth-order valence-corrected chi connectivity index (χ4v) is 1.74. The van der Waals surface area contributed by atoms with Gasteiger partial charge in [-0.2, -0.15) is 0 Å². The first-order chi connectivity index (χ1) is 8.31. The number of aliphatic hydroxyl groups excluding tert-OH is 1. The zero-order valence-corrected chi connectivity index (χ0v) is 11.7. The molecule has 0 fully saturated rings. The second-order valence-electron chi connectivity index (χ2n) is 4.55. The summed E-state index contributed by atoms with van der Waals surface area (Å²) in [5, 5.41) is 9.56. The van der Waals surface area contributed by atoms with E-state index in [0.29, 0.717) is 6.61 Å². The second kappa shape index (κ2) is 13.7. The van der Waals surface area contributed by atoms with Crippen molar-refractivity contribution in [1.29, 1.82) is 0 Å². The maximum absolute atomic E-state index is 9.56. The fraction of sp³-hybridized carbons (Fsp3) is 0.867. The highest BCUT2D eigenvalue weighted by atomic mass is 16.6. The maximum atomic E-state index is 9.56. The van der Waals surface area contributed by atoms with Gasteiger partial charge in [-0.05, 0) is 25.7 Å². The smallest absolute Gasteiger partial charge is 0.154 e. The first-order valence-corrected chi connectivity index (χ1v) is 7.25. The molecule has 0 radical (unpaired) electrons. The number of allylic oxidation sites excluding steroid dienone is 1. The van der Waals surface area contributed by atoms with Crippen molar-refractivity contribution in [3.05, 3.63) is 12.2 Å². The molecule has 0 heterocycles. The Hall–Kier alpha value is -0.340. The van der Waals surface area contributed by atoms with E-state index >= 15 is 0 Å². The molecule has 0 spiro atoms. The van der Waals surface area contributed by atoms with E-state index in [2.05, 4.69) is 26.0 Å². The SMILES string of the molecule is CC/C=C\CCOC(O)CCCCCCCC. The lowest BCUT2D eigenvalue weighted by molar-refractivity contribution is -0.102. The van der Waals surface area contributed by atoms with Gasteiger partial charge in [-0.3, -0.25) is 0 Å². The molecule has 0 aliphatic rings. The summed E-state index contributed by atoms with van der Waals surface area (Å²) in [7, 11) is 0. The second-order valence-corrected chi connectivity index (χ2v) is 4.55. The molecule has 1 N–H and O–H groups in total. The largest absolute Gasteiger partial charge is 0.368 e. The highest BCUT2D eigenvalue weighted by Gasteiger charge is 2.02. The molecule has 0 rings (SSSR count). The monoisotopic (exact) mass is 242 g/mol. The van der Waals surface area contributed by atoms with Crippen LogP contribution in [0.2, 0.25) is 0 Å². The van der Waals surface area contributed by atoms with Crippen molar-refractivity contribution in [2.45, 2.75) is 77.9 Å². The first-order valence-electron chi connectivity index (χ1n) is 7.25. The van der Waals surface area contributed by atoms with Gasteiger partial charge in [0, 0.05) is 0 Å². The van der Waals surface area contributed by atoms with E-state index < -0.39 is 6.29 Å². The van der Waals surface area contributed by atoms with Crippen molar-refractivity contribution in [2.75, 3.05) is 6.61 Å². The number of hydrogen-bond donors (Lipinski definition) is 1. The van der Waals surface area contributed by atoms with Crippen LogP contribution in [0.15, 0.2) is 12.2 Å². The average Bonchev–Trinajstić information content (AvgIpc) is 2.33. The molecule has 0 aromatic heterocycles. The van der Waals surface area contributed by atoms with E-state index in [4.69, 9.17) is 4.74 Å². The summed E-state index contributed by atoms with van der Waals surface area (Å²) in [6.45, 7) is 4.98. The molecule has 1 unspecified atom stereocenters. The molecule has 0 bridgehead atoms. The maximum Gasteiger partial charge on any atom is 0.154 e. The molecule has 0 aliphatic heterocycles. The van der Waals surface area contributed by atoms with Gasteiger partial charge in [0.1, 0.15) is 0 Å². The molecule has 0 saturated carbocycles. The van der Waals surface area contributed by atoms with Crippen molar-refractivity contribution in [1.82, 2.24) is 0 Å². The predicted octanol–water partition coefficient (Wildman–Crippen LogP) is 4.43. The first kappa shape index (κ1) is 16.7. The summed E-state index contributed by atoms with van der Waals surface area (Å²) in [4.78, 5) is 0. The van der Waals surface area contributed by atoms with Gasteiger partial charge >= 0.3 is 0 Å². The van der Waals surface area contributed by atoms with Crippen molar-refractivity contribution < 1.29 is 9.84 Å². The number of ether oxygens (including phenoxy) is 1. The topological polar surface area (TPSA) is 29.5 Å². The normalized spacial score (nSPS) is 13.4. The zero-order chi connectivity index (χ0) is 12.8. The predicted molar refractivity (Wildman–Crippen MR) is 74.0 cm³/mol. The molecule has 0 aliphatic carbocycles. The van der Waals surface area contributed by atoms with Crippen LogP contribution in [0.3, 0.4) is 0 Å². The lowest BCUT2D eigenvalue weighted by Crippen LogP contribution is -2.12. The summed E-state index contributed by atoms with van der Waals surface area (Å²) in [6.07, 6.45) is 14.0. The third kappa shape index (κ3) is 13.6. The number of unbranched alkanes of at least 4 members (excludes halogenated alkanes) is 5. The number of rotatable bonds is 12. The van der Waals surface area contributed by atoms with Crippen LogP contribution in [0.5, 0.6) is 0 Å². The molecule has 0 saturated heterocycles. The van der Waals surface area contributed by atoms with Gasteiger partial charge in [0.15, 0.2) is 6.29 Å². The van der Waals surface area contributed by atoms with Crippen LogP contribution in [0.1, 0.15) is 71.6 Å². The van der Waals surface area contributed by atoms with Gasteiger partial charge in [-0.1, -0.05) is 58.1 Å². The van der Waals surface area contributed by atoms with Crippen LogP contribution in [0, 0.1) is 0 Å². The van der Waals surface area contributed by atoms with Gasteiger partial charge in [-0.25, -0.2) is 0 Å². The molecular formula is C15H30O2. The number of hydrogen-bond acceptors (Lipinski definition) is 2. The van der Waals surface area contributed by atoms with Gasteiger partial charge in [0.2, 0.25) is 0 Å². The Labute approximate surface area is 107 Å². The van der Waals surface area contributed by atoms with Crippen LogP contribution in [0.4, 0.5) is 0 Å². The molecule has 0 amide bonds. The van der Waals surface area contributed by atoms with Crippen LogP contribution in [-0.2, 0) is 4.74 Å². The Kier molecular flexibility index (Phi) is 13.4. The number of aliphatic hydroxyl groups is 1. The Morgan fingerprint density at radius 3 is 2.41 bits per heavy atom. The van der Waals surface area contributed by atoms with Crippen LogP contribution in [-0.4, -0.2) is 18.0 Å². The average molecular weight is 242 g/mol. The third-order valence-electron chi connectivity index (χ3n) is 2.80. The molecule has 2 nitrogen and oxygen atoms in total. The lowest BCUT2D eigenvalue weighted by atomic mass is 10.1. The van der Waals surface area contributed by atoms with E-state index in [9.17, 15) is 5.11 Å². The minimum absolute atomic E-state index is 0.559. The van der Waals surface area contributed by atoms with Crippen LogP contribution >= 0.6 is 0 Å². The van der Waals surface area contributed by atoms with Crippen molar-refractivity contribution in [3.63, 3.8) is 0 Å². The molecule has 0 aromatic rings. The van der Waals surface area contributed by atoms with E-state index in [1.54, 1.807) is 0 Å². The molecule has 17 heavy (non-hydrogen) atoms. The molecule has 102 valence electrons. The third-order valence-corrected chi connectivity index (χ3v) is 2.80. The highest BCUT2D eigenvalue weighted by Crippen LogP contribution is 2.09. The lowest BCUT2D eigenvalue weighted by Gasteiger charge is -2.10. The quantitative estimate of drug-likeness (QED) is 0.312. The minimum Gasteiger partial charge on any atom is -0.368 e. The zero-order valence-electron chi connectivity index (χ0n) is 11.7. The van der Waals surface area contributed by atoms with Crippen molar-refractivity contribution in [2.24, 2.45) is 0 Å². The summed E-state index contributed by atoms with van der Waals surface area (Å²) >= 11 is 0. The van der Waals surface area contributed by atoms with E-state index in [0.717, 1.165) is 25.7 Å². The van der Waals surface area contributed by atoms with E-state index in [-0.39, 0.29) is 0 Å². The standard InChI is InChI=1S/C15H30O2/c1-3-5-7-9-10-11-13-15(16)17-14-12-8-6-4-2/h6,8,15-16H,3-5,7,9-14H2,1-2H3/b8-6-. The Morgan fingerprint density at radius 1 is 1.00 bits per heavy atom. The summed E-state index contributed by atoms with van der Waals surface area (Å²) in [5.74, 6) is 0. The summed E-state index contributed by atoms with van der Waals surface area (Å²) in [6, 6.07) is 0.